The molecule has 1 rings (SSSR count). The lowest BCUT2D eigenvalue weighted by atomic mass is 9.94. The van der Waals surface area contributed by atoms with Crippen molar-refractivity contribution in [2.24, 2.45) is 5.92 Å². The van der Waals surface area contributed by atoms with Crippen LogP contribution < -0.4 is 0 Å². The minimum Gasteiger partial charge on any atom is -0.386 e. The molecule has 3 atom stereocenters. The lowest BCUT2D eigenvalue weighted by molar-refractivity contribution is -0.123. The van der Waals surface area contributed by atoms with Gasteiger partial charge in [-0.3, -0.25) is 4.79 Å². The molecule has 0 radical (unpaired) electrons. The van der Waals surface area contributed by atoms with E-state index in [9.17, 15) is 9.90 Å². The van der Waals surface area contributed by atoms with Gasteiger partial charge in [0.1, 0.15) is 0 Å². The van der Waals surface area contributed by atoms with E-state index in [-0.39, 0.29) is 23.4 Å². The Balaban J connectivity index is 2.61. The van der Waals surface area contributed by atoms with Gasteiger partial charge in [0.05, 0.1) is 17.3 Å². The van der Waals surface area contributed by atoms with E-state index in [1.807, 2.05) is 13.8 Å². The number of ketones is 1. The molecule has 0 amide bonds. The summed E-state index contributed by atoms with van der Waals surface area (Å²) in [6, 6.07) is 0. The molecule has 1 fully saturated rings. The van der Waals surface area contributed by atoms with Crippen LogP contribution in [-0.2, 0) is 9.53 Å². The average Bonchev–Trinajstić information content (AvgIpc) is 2.67. The number of hydrogen-bond acceptors (Lipinski definition) is 3. The number of ether oxygens (including phenoxy) is 1. The SMILES string of the molecule is C=C[C@]1(C)CC[C@@H]([C@H](C)C(=O)/C=C/C(C)(C)O)O1. The molecular formula is C15H24O3. The molecule has 0 aromatic heterocycles. The first-order chi connectivity index (χ1) is 8.17. The fourth-order valence-corrected chi connectivity index (χ4v) is 2.02. The normalized spacial score (nSPS) is 30.6. The summed E-state index contributed by atoms with van der Waals surface area (Å²) < 4.78 is 5.88. The van der Waals surface area contributed by atoms with Crippen LogP contribution >= 0.6 is 0 Å². The van der Waals surface area contributed by atoms with Gasteiger partial charge in [-0.2, -0.15) is 0 Å². The summed E-state index contributed by atoms with van der Waals surface area (Å²) in [5, 5.41) is 9.55. The quantitative estimate of drug-likeness (QED) is 0.604. The third kappa shape index (κ3) is 4.07. The van der Waals surface area contributed by atoms with Gasteiger partial charge in [0.25, 0.3) is 0 Å². The first-order valence-corrected chi connectivity index (χ1v) is 6.44. The van der Waals surface area contributed by atoms with Gasteiger partial charge >= 0.3 is 0 Å². The molecule has 18 heavy (non-hydrogen) atoms. The Bertz CT molecular complexity index is 351. The van der Waals surface area contributed by atoms with Crippen LogP contribution in [0.4, 0.5) is 0 Å². The van der Waals surface area contributed by atoms with Gasteiger partial charge < -0.3 is 9.84 Å². The van der Waals surface area contributed by atoms with Gasteiger partial charge in [0.15, 0.2) is 5.78 Å². The zero-order valence-corrected chi connectivity index (χ0v) is 11.8. The van der Waals surface area contributed by atoms with Crippen molar-refractivity contribution in [2.45, 2.75) is 57.8 Å². The van der Waals surface area contributed by atoms with Crippen molar-refractivity contribution in [1.82, 2.24) is 0 Å². The second-order valence-corrected chi connectivity index (χ2v) is 5.89. The molecule has 0 spiro atoms. The number of carbonyl (C=O) groups is 1. The molecule has 1 N–H and O–H groups in total. The van der Waals surface area contributed by atoms with E-state index in [0.29, 0.717) is 0 Å². The minimum absolute atomic E-state index is 0.00422. The Kier molecular flexibility index (Phi) is 4.51. The van der Waals surface area contributed by atoms with E-state index < -0.39 is 5.60 Å². The first-order valence-electron chi connectivity index (χ1n) is 6.44. The van der Waals surface area contributed by atoms with Gasteiger partial charge in [-0.05, 0) is 39.7 Å². The maximum atomic E-state index is 12.0. The number of aliphatic hydroxyl groups is 1. The Morgan fingerprint density at radius 3 is 2.67 bits per heavy atom. The number of carbonyl (C=O) groups excluding carboxylic acids is 1. The Morgan fingerprint density at radius 2 is 2.22 bits per heavy atom. The predicted octanol–water partition coefficient (Wildman–Crippen LogP) is 2.64. The highest BCUT2D eigenvalue weighted by Crippen LogP contribution is 2.34. The number of rotatable bonds is 5. The molecule has 0 aliphatic carbocycles. The first kappa shape index (κ1) is 15.1. The summed E-state index contributed by atoms with van der Waals surface area (Å²) in [7, 11) is 0. The predicted molar refractivity (Wildman–Crippen MR) is 72.3 cm³/mol. The highest BCUT2D eigenvalue weighted by atomic mass is 16.5. The van der Waals surface area contributed by atoms with E-state index in [1.165, 1.54) is 12.2 Å². The van der Waals surface area contributed by atoms with Crippen LogP contribution in [-0.4, -0.2) is 28.2 Å². The maximum absolute atomic E-state index is 12.0. The lowest BCUT2D eigenvalue weighted by Crippen LogP contribution is -2.29. The fraction of sp³-hybridized carbons (Fsp3) is 0.667. The van der Waals surface area contributed by atoms with E-state index in [4.69, 9.17) is 4.74 Å². The van der Waals surface area contributed by atoms with Crippen molar-refractivity contribution >= 4 is 5.78 Å². The topological polar surface area (TPSA) is 46.5 Å². The van der Waals surface area contributed by atoms with Gasteiger partial charge in [0.2, 0.25) is 0 Å². The van der Waals surface area contributed by atoms with Crippen LogP contribution in [0.5, 0.6) is 0 Å². The second-order valence-electron chi connectivity index (χ2n) is 5.89. The van der Waals surface area contributed by atoms with E-state index in [2.05, 4.69) is 6.58 Å². The third-order valence-electron chi connectivity index (χ3n) is 3.44. The van der Waals surface area contributed by atoms with Crippen molar-refractivity contribution in [2.75, 3.05) is 0 Å². The third-order valence-corrected chi connectivity index (χ3v) is 3.44. The van der Waals surface area contributed by atoms with Crippen molar-refractivity contribution in [3.8, 4) is 0 Å². The van der Waals surface area contributed by atoms with Gasteiger partial charge in [-0.25, -0.2) is 0 Å². The molecule has 3 nitrogen and oxygen atoms in total. The van der Waals surface area contributed by atoms with E-state index in [0.717, 1.165) is 12.8 Å². The summed E-state index contributed by atoms with van der Waals surface area (Å²) >= 11 is 0. The molecule has 0 unspecified atom stereocenters. The molecule has 1 saturated heterocycles. The van der Waals surface area contributed by atoms with Crippen molar-refractivity contribution in [3.63, 3.8) is 0 Å². The molecule has 1 aliphatic heterocycles. The van der Waals surface area contributed by atoms with Crippen molar-refractivity contribution < 1.29 is 14.6 Å². The van der Waals surface area contributed by atoms with Gasteiger partial charge in [-0.15, -0.1) is 6.58 Å². The van der Waals surface area contributed by atoms with Gasteiger partial charge in [-0.1, -0.05) is 19.1 Å². The van der Waals surface area contributed by atoms with Crippen molar-refractivity contribution in [3.05, 3.63) is 24.8 Å². The molecule has 0 bridgehead atoms. The largest absolute Gasteiger partial charge is 0.386 e. The summed E-state index contributed by atoms with van der Waals surface area (Å²) in [6.45, 7) is 10.9. The summed E-state index contributed by atoms with van der Waals surface area (Å²) in [5.74, 6) is -0.194. The van der Waals surface area contributed by atoms with E-state index in [1.54, 1.807) is 19.9 Å². The molecule has 102 valence electrons. The fourth-order valence-electron chi connectivity index (χ4n) is 2.02. The van der Waals surface area contributed by atoms with Crippen LogP contribution in [0.3, 0.4) is 0 Å². The lowest BCUT2D eigenvalue weighted by Gasteiger charge is -2.23. The zero-order chi connectivity index (χ0) is 14.0. The average molecular weight is 252 g/mol. The molecule has 1 aliphatic rings. The smallest absolute Gasteiger partial charge is 0.160 e. The second kappa shape index (κ2) is 5.37. The molecule has 3 heteroatoms. The monoisotopic (exact) mass is 252 g/mol. The van der Waals surface area contributed by atoms with Crippen LogP contribution in [0, 0.1) is 5.92 Å². The molecule has 0 aromatic carbocycles. The molecular weight excluding hydrogens is 228 g/mol. The van der Waals surface area contributed by atoms with Gasteiger partial charge in [0, 0.05) is 5.92 Å². The number of allylic oxidation sites excluding steroid dienone is 1. The Morgan fingerprint density at radius 1 is 1.61 bits per heavy atom. The standard InChI is InChI=1S/C15H24O3/c1-6-15(5)10-8-13(18-15)11(2)12(16)7-9-14(3,4)17/h6-7,9,11,13,17H,1,8,10H2,2-5H3/b9-7+/t11-,13+,15-/m1/s1. The molecule has 1 heterocycles. The summed E-state index contributed by atoms with van der Waals surface area (Å²) in [5.41, 5.74) is -1.26. The minimum atomic E-state index is -0.957. The van der Waals surface area contributed by atoms with Crippen molar-refractivity contribution in [1.29, 1.82) is 0 Å². The number of hydrogen-bond donors (Lipinski definition) is 1. The molecule has 0 saturated carbocycles. The summed E-state index contributed by atoms with van der Waals surface area (Å²) in [6.07, 6.45) is 6.48. The summed E-state index contributed by atoms with van der Waals surface area (Å²) in [4.78, 5) is 12.0. The van der Waals surface area contributed by atoms with Crippen LogP contribution in [0.25, 0.3) is 0 Å². The highest BCUT2D eigenvalue weighted by molar-refractivity contribution is 5.92. The Labute approximate surface area is 110 Å². The van der Waals surface area contributed by atoms with Crippen LogP contribution in [0.1, 0.15) is 40.5 Å². The maximum Gasteiger partial charge on any atom is 0.160 e. The van der Waals surface area contributed by atoms with E-state index >= 15 is 0 Å². The molecule has 0 aromatic rings. The zero-order valence-electron chi connectivity index (χ0n) is 11.8. The highest BCUT2D eigenvalue weighted by Gasteiger charge is 2.37. The van der Waals surface area contributed by atoms with Crippen LogP contribution in [0.15, 0.2) is 24.8 Å². The van der Waals surface area contributed by atoms with Crippen LogP contribution in [0.2, 0.25) is 0 Å². The Hall–Kier alpha value is -0.930.